The van der Waals surface area contributed by atoms with E-state index in [0.717, 1.165) is 6.26 Å². The lowest BCUT2D eigenvalue weighted by Crippen LogP contribution is -2.53. The third-order valence-electron chi connectivity index (χ3n) is 2.86. The molecule has 2 rings (SSSR count). The molecule has 0 aliphatic carbocycles. The van der Waals surface area contributed by atoms with Gasteiger partial charge in [0.05, 0.1) is 13.2 Å². The summed E-state index contributed by atoms with van der Waals surface area (Å²) in [6.07, 6.45) is 0.904. The SMILES string of the molecule is CS(=O)(=O)C1(c2c(F)cc(O)cc2F)COC1. The molecule has 17 heavy (non-hydrogen) atoms. The van der Waals surface area contributed by atoms with Gasteiger partial charge in [-0.1, -0.05) is 0 Å². The summed E-state index contributed by atoms with van der Waals surface area (Å²) in [5.74, 6) is -2.76. The fourth-order valence-electron chi connectivity index (χ4n) is 1.83. The van der Waals surface area contributed by atoms with Crippen LogP contribution in [-0.4, -0.2) is 33.0 Å². The molecule has 1 fully saturated rings. The number of halogens is 2. The summed E-state index contributed by atoms with van der Waals surface area (Å²) in [6.45, 7) is -0.575. The molecule has 0 atom stereocenters. The third-order valence-corrected chi connectivity index (χ3v) is 4.72. The second-order valence-electron chi connectivity index (χ2n) is 4.04. The second-order valence-corrected chi connectivity index (χ2v) is 6.37. The van der Waals surface area contributed by atoms with Crippen molar-refractivity contribution < 1.29 is 27.0 Å². The summed E-state index contributed by atoms with van der Waals surface area (Å²) in [4.78, 5) is 0. The zero-order chi connectivity index (χ0) is 12.8. The molecule has 0 radical (unpaired) electrons. The Morgan fingerprint density at radius 3 is 2.06 bits per heavy atom. The lowest BCUT2D eigenvalue weighted by Gasteiger charge is -2.40. The van der Waals surface area contributed by atoms with Gasteiger partial charge in [-0.15, -0.1) is 0 Å². The van der Waals surface area contributed by atoms with Crippen LogP contribution in [0.2, 0.25) is 0 Å². The molecule has 94 valence electrons. The summed E-state index contributed by atoms with van der Waals surface area (Å²) >= 11 is 0. The van der Waals surface area contributed by atoms with Crippen LogP contribution in [0.3, 0.4) is 0 Å². The van der Waals surface area contributed by atoms with E-state index in [9.17, 15) is 17.2 Å². The van der Waals surface area contributed by atoms with E-state index in [4.69, 9.17) is 9.84 Å². The van der Waals surface area contributed by atoms with Crippen LogP contribution in [-0.2, 0) is 19.3 Å². The van der Waals surface area contributed by atoms with Crippen molar-refractivity contribution in [2.45, 2.75) is 4.75 Å². The maximum Gasteiger partial charge on any atom is 0.162 e. The molecule has 0 amide bonds. The average molecular weight is 264 g/mol. The molecule has 0 spiro atoms. The van der Waals surface area contributed by atoms with Gasteiger partial charge in [-0.2, -0.15) is 0 Å². The first kappa shape index (κ1) is 12.3. The van der Waals surface area contributed by atoms with Crippen molar-refractivity contribution in [1.82, 2.24) is 0 Å². The lowest BCUT2D eigenvalue weighted by atomic mass is 9.95. The largest absolute Gasteiger partial charge is 0.508 e. The Labute approximate surface area is 96.7 Å². The van der Waals surface area contributed by atoms with Gasteiger partial charge in [0.2, 0.25) is 0 Å². The first-order chi connectivity index (χ1) is 7.78. The van der Waals surface area contributed by atoms with Crippen LogP contribution in [0.25, 0.3) is 0 Å². The second kappa shape index (κ2) is 3.64. The van der Waals surface area contributed by atoms with Crippen molar-refractivity contribution in [2.75, 3.05) is 19.5 Å². The number of aromatic hydroxyl groups is 1. The van der Waals surface area contributed by atoms with Gasteiger partial charge in [0.15, 0.2) is 9.84 Å². The molecule has 1 aromatic rings. The number of phenols is 1. The molecule has 0 saturated carbocycles. The van der Waals surface area contributed by atoms with E-state index < -0.39 is 37.5 Å². The number of sulfone groups is 1. The number of hydrogen-bond acceptors (Lipinski definition) is 4. The monoisotopic (exact) mass is 264 g/mol. The zero-order valence-electron chi connectivity index (χ0n) is 8.91. The van der Waals surface area contributed by atoms with Crippen LogP contribution in [0, 0.1) is 11.6 Å². The third kappa shape index (κ3) is 1.69. The van der Waals surface area contributed by atoms with Crippen molar-refractivity contribution in [1.29, 1.82) is 0 Å². The van der Waals surface area contributed by atoms with Crippen LogP contribution in [0.15, 0.2) is 12.1 Å². The molecule has 1 saturated heterocycles. The highest BCUT2D eigenvalue weighted by Gasteiger charge is 2.53. The summed E-state index contributed by atoms with van der Waals surface area (Å²) in [7, 11) is -3.73. The van der Waals surface area contributed by atoms with Gasteiger partial charge >= 0.3 is 0 Å². The predicted octanol–water partition coefficient (Wildman–Crippen LogP) is 0.941. The highest BCUT2D eigenvalue weighted by molar-refractivity contribution is 7.91. The molecule has 7 heteroatoms. The van der Waals surface area contributed by atoms with E-state index in [0.29, 0.717) is 12.1 Å². The zero-order valence-corrected chi connectivity index (χ0v) is 9.72. The fourth-order valence-corrected chi connectivity index (χ4v) is 2.99. The number of benzene rings is 1. The molecule has 0 unspecified atom stereocenters. The first-order valence-corrected chi connectivity index (χ1v) is 6.63. The van der Waals surface area contributed by atoms with Crippen LogP contribution in [0.5, 0.6) is 5.75 Å². The molecular formula is C10H10F2O4S. The molecule has 1 aliphatic heterocycles. The van der Waals surface area contributed by atoms with Crippen LogP contribution in [0.4, 0.5) is 8.78 Å². The van der Waals surface area contributed by atoms with Crippen LogP contribution in [0.1, 0.15) is 5.56 Å². The van der Waals surface area contributed by atoms with E-state index in [2.05, 4.69) is 0 Å². The molecule has 0 bridgehead atoms. The van der Waals surface area contributed by atoms with Crippen molar-refractivity contribution >= 4 is 9.84 Å². The molecular weight excluding hydrogens is 254 g/mol. The Morgan fingerprint density at radius 1 is 1.29 bits per heavy atom. The molecule has 1 aliphatic rings. The summed E-state index contributed by atoms with van der Waals surface area (Å²) in [5.41, 5.74) is -0.566. The van der Waals surface area contributed by atoms with Gasteiger partial charge in [0.25, 0.3) is 0 Å². The minimum absolute atomic E-state index is 0.287. The summed E-state index contributed by atoms with van der Waals surface area (Å²) in [6, 6.07) is 1.37. The molecule has 4 nitrogen and oxygen atoms in total. The average Bonchev–Trinajstić information content (AvgIpc) is 2.04. The fraction of sp³-hybridized carbons (Fsp3) is 0.400. The minimum atomic E-state index is -3.73. The number of phenolic OH excluding ortho intramolecular Hbond substituents is 1. The van der Waals surface area contributed by atoms with Gasteiger partial charge < -0.3 is 9.84 Å². The molecule has 1 N–H and O–H groups in total. The van der Waals surface area contributed by atoms with E-state index in [1.165, 1.54) is 0 Å². The van der Waals surface area contributed by atoms with Gasteiger partial charge in [-0.25, -0.2) is 17.2 Å². The van der Waals surface area contributed by atoms with E-state index in [1.54, 1.807) is 0 Å². The number of rotatable bonds is 2. The maximum absolute atomic E-state index is 13.6. The minimum Gasteiger partial charge on any atom is -0.508 e. The highest BCUT2D eigenvalue weighted by atomic mass is 32.2. The van der Waals surface area contributed by atoms with Crippen molar-refractivity contribution in [2.24, 2.45) is 0 Å². The lowest BCUT2D eigenvalue weighted by molar-refractivity contribution is -0.0187. The van der Waals surface area contributed by atoms with Gasteiger partial charge in [0.1, 0.15) is 22.1 Å². The van der Waals surface area contributed by atoms with E-state index in [-0.39, 0.29) is 13.2 Å². The van der Waals surface area contributed by atoms with Crippen molar-refractivity contribution in [3.63, 3.8) is 0 Å². The summed E-state index contributed by atoms with van der Waals surface area (Å²) in [5, 5.41) is 9.02. The Bertz CT molecular complexity index is 541. The molecule has 1 aromatic carbocycles. The standard InChI is InChI=1S/C10H10F2O4S/c1-17(14,15)10(4-16-5-10)9-7(11)2-6(13)3-8(9)12/h2-3,13H,4-5H2,1H3. The normalized spacial score (nSPS) is 18.8. The van der Waals surface area contributed by atoms with E-state index in [1.807, 2.05) is 0 Å². The quantitative estimate of drug-likeness (QED) is 0.863. The van der Waals surface area contributed by atoms with Crippen molar-refractivity contribution in [3.8, 4) is 5.75 Å². The molecule has 1 heterocycles. The Hall–Kier alpha value is -1.21. The van der Waals surface area contributed by atoms with Gasteiger partial charge in [-0.05, 0) is 0 Å². The van der Waals surface area contributed by atoms with Crippen LogP contribution < -0.4 is 0 Å². The number of ether oxygens (including phenoxy) is 1. The number of hydrogen-bond donors (Lipinski definition) is 1. The van der Waals surface area contributed by atoms with E-state index >= 15 is 0 Å². The summed E-state index contributed by atoms with van der Waals surface area (Å²) < 4.78 is 53.7. The van der Waals surface area contributed by atoms with Gasteiger partial charge in [-0.3, -0.25) is 0 Å². The van der Waals surface area contributed by atoms with Crippen molar-refractivity contribution in [3.05, 3.63) is 29.3 Å². The maximum atomic E-state index is 13.6. The predicted molar refractivity (Wildman–Crippen MR) is 55.4 cm³/mol. The van der Waals surface area contributed by atoms with Gasteiger partial charge in [0, 0.05) is 24.0 Å². The molecule has 0 aromatic heterocycles. The Kier molecular flexibility index (Phi) is 2.62. The smallest absolute Gasteiger partial charge is 0.162 e. The Balaban J connectivity index is 2.69. The topological polar surface area (TPSA) is 63.6 Å². The Morgan fingerprint density at radius 2 is 1.76 bits per heavy atom. The van der Waals surface area contributed by atoms with Crippen LogP contribution >= 0.6 is 0 Å². The first-order valence-electron chi connectivity index (χ1n) is 4.74. The highest BCUT2D eigenvalue weighted by Crippen LogP contribution is 2.41.